The normalized spacial score (nSPS) is 13.1. The standard InChI is InChI=1S/C17H28N2O2.ClH/c1-4-15(11-14-9-7-6-8-10-14)19(5-2)17(20)12-16(13-18)21-3;/h6-10,15-16H,4-5,11-13,18H2,1-3H3;1H. The molecule has 2 N–H and O–H groups in total. The lowest BCUT2D eigenvalue weighted by Gasteiger charge is -2.31. The second-order valence-electron chi connectivity index (χ2n) is 5.23. The number of halogens is 1. The molecule has 4 nitrogen and oxygen atoms in total. The average Bonchev–Trinajstić information content (AvgIpc) is 2.53. The molecule has 1 aromatic carbocycles. The molecule has 0 radical (unpaired) electrons. The number of nitrogens with zero attached hydrogens (tertiary/aromatic N) is 1. The van der Waals surface area contributed by atoms with E-state index >= 15 is 0 Å². The van der Waals surface area contributed by atoms with Gasteiger partial charge in [-0.25, -0.2) is 0 Å². The van der Waals surface area contributed by atoms with Crippen LogP contribution in [0.25, 0.3) is 0 Å². The van der Waals surface area contributed by atoms with Crippen molar-refractivity contribution < 1.29 is 9.53 Å². The zero-order valence-corrected chi connectivity index (χ0v) is 14.6. The van der Waals surface area contributed by atoms with Crippen molar-refractivity contribution >= 4 is 18.3 Å². The number of hydrogen-bond acceptors (Lipinski definition) is 3. The van der Waals surface area contributed by atoms with Crippen LogP contribution in [0.2, 0.25) is 0 Å². The molecule has 1 aromatic rings. The summed E-state index contributed by atoms with van der Waals surface area (Å²) in [7, 11) is 1.60. The molecule has 0 aliphatic carbocycles. The number of rotatable bonds is 9. The van der Waals surface area contributed by atoms with Gasteiger partial charge in [0.1, 0.15) is 0 Å². The van der Waals surface area contributed by atoms with Crippen molar-refractivity contribution in [2.75, 3.05) is 20.2 Å². The molecule has 1 amide bonds. The van der Waals surface area contributed by atoms with Gasteiger partial charge in [0.25, 0.3) is 0 Å². The van der Waals surface area contributed by atoms with Crippen molar-refractivity contribution in [3.05, 3.63) is 35.9 Å². The lowest BCUT2D eigenvalue weighted by Crippen LogP contribution is -2.43. The second-order valence-corrected chi connectivity index (χ2v) is 5.23. The summed E-state index contributed by atoms with van der Waals surface area (Å²) in [5.74, 6) is 0.123. The van der Waals surface area contributed by atoms with Crippen LogP contribution in [0.5, 0.6) is 0 Å². The SMILES string of the molecule is CCC(Cc1ccccc1)N(CC)C(=O)CC(CN)OC.Cl. The van der Waals surface area contributed by atoms with Gasteiger partial charge in [0.05, 0.1) is 12.5 Å². The van der Waals surface area contributed by atoms with Crippen molar-refractivity contribution in [1.82, 2.24) is 4.90 Å². The minimum Gasteiger partial charge on any atom is -0.380 e. The van der Waals surface area contributed by atoms with Crippen LogP contribution in [0.15, 0.2) is 30.3 Å². The van der Waals surface area contributed by atoms with Crippen LogP contribution < -0.4 is 5.73 Å². The predicted molar refractivity (Wildman–Crippen MR) is 93.3 cm³/mol. The highest BCUT2D eigenvalue weighted by molar-refractivity contribution is 5.85. The molecule has 2 atom stereocenters. The molecule has 0 saturated heterocycles. The van der Waals surface area contributed by atoms with Crippen molar-refractivity contribution in [3.8, 4) is 0 Å². The lowest BCUT2D eigenvalue weighted by molar-refractivity contribution is -0.135. The Balaban J connectivity index is 0.00000441. The summed E-state index contributed by atoms with van der Waals surface area (Å²) in [6.07, 6.45) is 1.98. The van der Waals surface area contributed by atoms with Gasteiger partial charge in [-0.05, 0) is 25.3 Å². The molecule has 1 rings (SSSR count). The molecular weight excluding hydrogens is 300 g/mol. The molecule has 22 heavy (non-hydrogen) atoms. The van der Waals surface area contributed by atoms with Crippen LogP contribution >= 0.6 is 12.4 Å². The monoisotopic (exact) mass is 328 g/mol. The van der Waals surface area contributed by atoms with Gasteiger partial charge in [-0.15, -0.1) is 12.4 Å². The summed E-state index contributed by atoms with van der Waals surface area (Å²) in [5, 5.41) is 0. The van der Waals surface area contributed by atoms with Gasteiger partial charge >= 0.3 is 0 Å². The van der Waals surface area contributed by atoms with Gasteiger partial charge in [-0.3, -0.25) is 4.79 Å². The molecule has 5 heteroatoms. The maximum Gasteiger partial charge on any atom is 0.225 e. The third-order valence-electron chi connectivity index (χ3n) is 3.89. The van der Waals surface area contributed by atoms with Gasteiger partial charge in [0, 0.05) is 26.2 Å². The average molecular weight is 329 g/mol. The fraction of sp³-hybridized carbons (Fsp3) is 0.588. The molecule has 0 spiro atoms. The van der Waals surface area contributed by atoms with E-state index in [1.807, 2.05) is 30.0 Å². The molecule has 0 heterocycles. The summed E-state index contributed by atoms with van der Waals surface area (Å²) in [6, 6.07) is 10.5. The number of methoxy groups -OCH3 is 1. The minimum atomic E-state index is -0.194. The van der Waals surface area contributed by atoms with E-state index in [0.29, 0.717) is 19.5 Å². The van der Waals surface area contributed by atoms with E-state index < -0.39 is 0 Å². The number of amides is 1. The Kier molecular flexibility index (Phi) is 10.9. The van der Waals surface area contributed by atoms with Gasteiger partial charge in [0.15, 0.2) is 0 Å². The van der Waals surface area contributed by atoms with E-state index in [1.165, 1.54) is 5.56 Å². The van der Waals surface area contributed by atoms with Gasteiger partial charge in [-0.1, -0.05) is 37.3 Å². The Morgan fingerprint density at radius 1 is 1.27 bits per heavy atom. The molecule has 2 unspecified atom stereocenters. The number of hydrogen-bond donors (Lipinski definition) is 1. The molecule has 0 aliphatic heterocycles. The fourth-order valence-electron chi connectivity index (χ4n) is 2.57. The first-order valence-corrected chi connectivity index (χ1v) is 7.72. The maximum atomic E-state index is 12.5. The van der Waals surface area contributed by atoms with E-state index in [9.17, 15) is 4.79 Å². The van der Waals surface area contributed by atoms with Crippen molar-refractivity contribution in [3.63, 3.8) is 0 Å². The zero-order chi connectivity index (χ0) is 15.7. The van der Waals surface area contributed by atoms with Gasteiger partial charge in [-0.2, -0.15) is 0 Å². The number of nitrogens with two attached hydrogens (primary N) is 1. The van der Waals surface area contributed by atoms with Crippen LogP contribution in [-0.2, 0) is 16.0 Å². The third-order valence-corrected chi connectivity index (χ3v) is 3.89. The Hall–Kier alpha value is -1.10. The fourth-order valence-corrected chi connectivity index (χ4v) is 2.57. The zero-order valence-electron chi connectivity index (χ0n) is 13.8. The van der Waals surface area contributed by atoms with E-state index in [2.05, 4.69) is 19.1 Å². The van der Waals surface area contributed by atoms with E-state index in [1.54, 1.807) is 7.11 Å². The number of carbonyl (C=O) groups excluding carboxylic acids is 1. The summed E-state index contributed by atoms with van der Waals surface area (Å²) < 4.78 is 5.22. The topological polar surface area (TPSA) is 55.6 Å². The van der Waals surface area contributed by atoms with Gasteiger partial charge in [0.2, 0.25) is 5.91 Å². The highest BCUT2D eigenvalue weighted by Gasteiger charge is 2.23. The molecule has 0 bridgehead atoms. The molecule has 0 aromatic heterocycles. The summed E-state index contributed by atoms with van der Waals surface area (Å²) in [5.41, 5.74) is 6.87. The predicted octanol–water partition coefficient (Wildman–Crippen LogP) is 2.64. The van der Waals surface area contributed by atoms with Crippen molar-refractivity contribution in [2.24, 2.45) is 5.73 Å². The number of benzene rings is 1. The smallest absolute Gasteiger partial charge is 0.225 e. The van der Waals surface area contributed by atoms with E-state index in [0.717, 1.165) is 12.8 Å². The molecule has 0 fully saturated rings. The summed E-state index contributed by atoms with van der Waals surface area (Å²) in [6.45, 7) is 5.23. The summed E-state index contributed by atoms with van der Waals surface area (Å²) in [4.78, 5) is 14.4. The van der Waals surface area contributed by atoms with Crippen LogP contribution in [0.3, 0.4) is 0 Å². The Labute approximate surface area is 140 Å². The van der Waals surface area contributed by atoms with Crippen LogP contribution in [0, 0.1) is 0 Å². The second kappa shape index (κ2) is 11.5. The Bertz CT molecular complexity index is 410. The first-order chi connectivity index (χ1) is 10.2. The summed E-state index contributed by atoms with van der Waals surface area (Å²) >= 11 is 0. The van der Waals surface area contributed by atoms with Gasteiger partial charge < -0.3 is 15.4 Å². The third kappa shape index (κ3) is 6.34. The number of likely N-dealkylation sites (N-methyl/N-ethyl adjacent to an activating group) is 1. The van der Waals surface area contributed by atoms with Crippen LogP contribution in [0.4, 0.5) is 0 Å². The Morgan fingerprint density at radius 2 is 1.91 bits per heavy atom. The highest BCUT2D eigenvalue weighted by atomic mass is 35.5. The maximum absolute atomic E-state index is 12.5. The lowest BCUT2D eigenvalue weighted by atomic mass is 10.0. The molecule has 126 valence electrons. The van der Waals surface area contributed by atoms with Crippen LogP contribution in [0.1, 0.15) is 32.3 Å². The highest BCUT2D eigenvalue weighted by Crippen LogP contribution is 2.14. The molecular formula is C17H29ClN2O2. The minimum absolute atomic E-state index is 0. The van der Waals surface area contributed by atoms with Crippen molar-refractivity contribution in [1.29, 1.82) is 0 Å². The van der Waals surface area contributed by atoms with Crippen molar-refractivity contribution in [2.45, 2.75) is 45.3 Å². The first-order valence-electron chi connectivity index (χ1n) is 7.72. The van der Waals surface area contributed by atoms with Crippen LogP contribution in [-0.4, -0.2) is 43.2 Å². The van der Waals surface area contributed by atoms with E-state index in [-0.39, 0.29) is 30.5 Å². The first kappa shape index (κ1) is 20.9. The largest absolute Gasteiger partial charge is 0.380 e. The molecule has 0 saturated carbocycles. The Morgan fingerprint density at radius 3 is 2.36 bits per heavy atom. The number of carbonyl (C=O) groups is 1. The quantitative estimate of drug-likeness (QED) is 0.758. The number of ether oxygens (including phenoxy) is 1. The molecule has 0 aliphatic rings. The van der Waals surface area contributed by atoms with E-state index in [4.69, 9.17) is 10.5 Å².